The minimum atomic E-state index is -0.116. The molecule has 1 aliphatic rings. The smallest absolute Gasteiger partial charge is 0.231 e. The van der Waals surface area contributed by atoms with Crippen LogP contribution < -0.4 is 9.47 Å². The van der Waals surface area contributed by atoms with Gasteiger partial charge in [-0.1, -0.05) is 34.6 Å². The van der Waals surface area contributed by atoms with Crippen molar-refractivity contribution in [3.63, 3.8) is 0 Å². The van der Waals surface area contributed by atoms with E-state index in [0.29, 0.717) is 29.4 Å². The molecule has 0 amide bonds. The summed E-state index contributed by atoms with van der Waals surface area (Å²) < 4.78 is 12.3. The van der Waals surface area contributed by atoms with Crippen molar-refractivity contribution in [1.29, 1.82) is 0 Å². The highest BCUT2D eigenvalue weighted by atomic mass is 79.9. The van der Waals surface area contributed by atoms with Crippen LogP contribution in [0.4, 0.5) is 0 Å². The maximum absolute atomic E-state index is 12.4. The van der Waals surface area contributed by atoms with Crippen molar-refractivity contribution < 1.29 is 14.3 Å². The predicted molar refractivity (Wildman–Crippen MR) is 93.8 cm³/mol. The van der Waals surface area contributed by atoms with Crippen molar-refractivity contribution in [3.05, 3.63) is 76.0 Å². The average Bonchev–Trinajstić information content (AvgIpc) is 2.83. The Morgan fingerprint density at radius 3 is 2.70 bits per heavy atom. The van der Waals surface area contributed by atoms with Gasteiger partial charge in [0.1, 0.15) is 18.1 Å². The van der Waals surface area contributed by atoms with Crippen LogP contribution in [0.5, 0.6) is 11.5 Å². The fourth-order valence-corrected chi connectivity index (χ4v) is 2.44. The normalized spacial score (nSPS) is 14.5. The van der Waals surface area contributed by atoms with Crippen molar-refractivity contribution in [2.24, 2.45) is 0 Å². The van der Waals surface area contributed by atoms with Gasteiger partial charge in [-0.2, -0.15) is 0 Å². The number of ketones is 1. The van der Waals surface area contributed by atoms with Crippen LogP contribution in [-0.4, -0.2) is 12.4 Å². The summed E-state index contributed by atoms with van der Waals surface area (Å²) in [4.78, 5) is 12.4. The molecule has 0 radical (unpaired) electrons. The fraction of sp³-hybridized carbons (Fsp3) is 0.105. The zero-order chi connectivity index (χ0) is 16.4. The number of allylic oxidation sites excluding steroid dienone is 1. The van der Waals surface area contributed by atoms with Gasteiger partial charge in [-0.25, -0.2) is 0 Å². The Hall–Kier alpha value is -2.33. The topological polar surface area (TPSA) is 35.5 Å². The maximum atomic E-state index is 12.4. The Morgan fingerprint density at radius 1 is 1.26 bits per heavy atom. The quantitative estimate of drug-likeness (QED) is 0.559. The molecule has 0 fully saturated rings. The Balaban J connectivity index is 1.83. The van der Waals surface area contributed by atoms with Gasteiger partial charge in [0, 0.05) is 10.5 Å². The lowest BCUT2D eigenvalue weighted by atomic mass is 10.1. The van der Waals surface area contributed by atoms with E-state index in [2.05, 4.69) is 22.5 Å². The molecule has 3 rings (SSSR count). The minimum Gasteiger partial charge on any atom is -0.489 e. The largest absolute Gasteiger partial charge is 0.489 e. The molecule has 2 aromatic carbocycles. The Bertz CT molecular complexity index is 804. The molecule has 23 heavy (non-hydrogen) atoms. The number of carbonyl (C=O) groups excluding carboxylic acids is 1. The lowest BCUT2D eigenvalue weighted by Crippen LogP contribution is -1.98. The van der Waals surface area contributed by atoms with E-state index in [9.17, 15) is 4.79 Å². The van der Waals surface area contributed by atoms with Gasteiger partial charge in [0.2, 0.25) is 5.78 Å². The van der Waals surface area contributed by atoms with Crippen molar-refractivity contribution in [1.82, 2.24) is 0 Å². The highest BCUT2D eigenvalue weighted by Crippen LogP contribution is 2.35. The molecule has 0 N–H and O–H groups in total. The van der Waals surface area contributed by atoms with Gasteiger partial charge >= 0.3 is 0 Å². The van der Waals surface area contributed by atoms with E-state index in [1.807, 2.05) is 31.2 Å². The lowest BCUT2D eigenvalue weighted by molar-refractivity contribution is 0.101. The Kier molecular flexibility index (Phi) is 4.35. The molecular formula is C19H15BrO3. The lowest BCUT2D eigenvalue weighted by Gasteiger charge is -2.06. The monoisotopic (exact) mass is 370 g/mol. The summed E-state index contributed by atoms with van der Waals surface area (Å²) in [6, 6.07) is 12.9. The molecule has 1 heterocycles. The third-order valence-electron chi connectivity index (χ3n) is 3.29. The molecule has 0 atom stereocenters. The second-order valence-electron chi connectivity index (χ2n) is 5.40. The molecule has 1 aliphatic heterocycles. The third-order valence-corrected chi connectivity index (χ3v) is 3.82. The Morgan fingerprint density at radius 2 is 2.00 bits per heavy atom. The standard InChI is InChI=1S/C19H15BrO3/c1-12(2)11-22-15-7-8-16-17(10-15)23-18(19(16)21)9-13-3-5-14(20)6-4-13/h3-10H,1,11H2,2H3. The van der Waals surface area contributed by atoms with E-state index >= 15 is 0 Å². The number of ether oxygens (including phenoxy) is 2. The van der Waals surface area contributed by atoms with Gasteiger partial charge < -0.3 is 9.47 Å². The van der Waals surface area contributed by atoms with E-state index in [-0.39, 0.29) is 5.78 Å². The fourth-order valence-electron chi connectivity index (χ4n) is 2.17. The Labute approximate surface area is 143 Å². The van der Waals surface area contributed by atoms with Crippen molar-refractivity contribution in [2.45, 2.75) is 6.92 Å². The summed E-state index contributed by atoms with van der Waals surface area (Å²) in [6.45, 7) is 6.13. The second kappa shape index (κ2) is 6.42. The minimum absolute atomic E-state index is 0.116. The molecule has 0 aliphatic carbocycles. The van der Waals surface area contributed by atoms with Crippen molar-refractivity contribution >= 4 is 27.8 Å². The molecule has 0 unspecified atom stereocenters. The summed E-state index contributed by atoms with van der Waals surface area (Å²) in [7, 11) is 0. The van der Waals surface area contributed by atoms with Crippen LogP contribution in [0.1, 0.15) is 22.8 Å². The molecule has 0 saturated heterocycles. The number of benzene rings is 2. The number of hydrogen-bond acceptors (Lipinski definition) is 3. The van der Waals surface area contributed by atoms with Crippen LogP contribution in [-0.2, 0) is 0 Å². The highest BCUT2D eigenvalue weighted by molar-refractivity contribution is 9.10. The number of hydrogen-bond donors (Lipinski definition) is 0. The van der Waals surface area contributed by atoms with Crippen LogP contribution in [0.25, 0.3) is 6.08 Å². The molecular weight excluding hydrogens is 356 g/mol. The van der Waals surface area contributed by atoms with Gasteiger partial charge in [0.15, 0.2) is 5.76 Å². The number of carbonyl (C=O) groups is 1. The van der Waals surface area contributed by atoms with Crippen molar-refractivity contribution in [2.75, 3.05) is 6.61 Å². The zero-order valence-corrected chi connectivity index (χ0v) is 14.2. The van der Waals surface area contributed by atoms with Gasteiger partial charge in [-0.3, -0.25) is 4.79 Å². The number of fused-ring (bicyclic) bond motifs is 1. The first-order valence-corrected chi connectivity index (χ1v) is 7.93. The molecule has 0 aromatic heterocycles. The highest BCUT2D eigenvalue weighted by Gasteiger charge is 2.27. The molecule has 0 bridgehead atoms. The number of rotatable bonds is 4. The van der Waals surface area contributed by atoms with Gasteiger partial charge in [-0.05, 0) is 48.4 Å². The van der Waals surface area contributed by atoms with Gasteiger partial charge in [0.05, 0.1) is 5.56 Å². The summed E-state index contributed by atoms with van der Waals surface area (Å²) in [5.74, 6) is 1.38. The number of halogens is 1. The van der Waals surface area contributed by atoms with Crippen LogP contribution >= 0.6 is 15.9 Å². The number of Topliss-reactive ketones (excluding diaryl/α,β-unsaturated/α-hetero) is 1. The van der Waals surface area contributed by atoms with Gasteiger partial charge in [0.25, 0.3) is 0 Å². The van der Waals surface area contributed by atoms with E-state index < -0.39 is 0 Å². The molecule has 116 valence electrons. The van der Waals surface area contributed by atoms with Gasteiger partial charge in [-0.15, -0.1) is 0 Å². The molecule has 3 nitrogen and oxygen atoms in total. The molecule has 2 aromatic rings. The second-order valence-corrected chi connectivity index (χ2v) is 6.31. The first-order valence-electron chi connectivity index (χ1n) is 7.14. The molecule has 0 spiro atoms. The maximum Gasteiger partial charge on any atom is 0.231 e. The van der Waals surface area contributed by atoms with Crippen LogP contribution in [0.3, 0.4) is 0 Å². The SMILES string of the molecule is C=C(C)COc1ccc2c(c1)OC(=Cc1ccc(Br)cc1)C2=O. The van der Waals surface area contributed by atoms with E-state index in [1.165, 1.54) is 0 Å². The first-order chi connectivity index (χ1) is 11.0. The van der Waals surface area contributed by atoms with E-state index in [4.69, 9.17) is 9.47 Å². The third kappa shape index (κ3) is 3.54. The van der Waals surface area contributed by atoms with Crippen molar-refractivity contribution in [3.8, 4) is 11.5 Å². The first kappa shape index (κ1) is 15.6. The van der Waals surface area contributed by atoms with Crippen LogP contribution in [0.2, 0.25) is 0 Å². The van der Waals surface area contributed by atoms with E-state index in [1.54, 1.807) is 24.3 Å². The summed E-state index contributed by atoms with van der Waals surface area (Å²) >= 11 is 3.39. The van der Waals surface area contributed by atoms with Crippen LogP contribution in [0.15, 0.2) is 64.8 Å². The van der Waals surface area contributed by atoms with E-state index in [0.717, 1.165) is 15.6 Å². The molecule has 4 heteroatoms. The summed E-state index contributed by atoms with van der Waals surface area (Å²) in [5, 5.41) is 0. The zero-order valence-electron chi connectivity index (χ0n) is 12.6. The summed E-state index contributed by atoms with van der Waals surface area (Å²) in [6.07, 6.45) is 1.74. The van der Waals surface area contributed by atoms with Crippen LogP contribution in [0, 0.1) is 0 Å². The molecule has 0 saturated carbocycles. The average molecular weight is 371 g/mol. The summed E-state index contributed by atoms with van der Waals surface area (Å²) in [5.41, 5.74) is 2.39. The predicted octanol–water partition coefficient (Wildman–Crippen LogP) is 5.02.